The van der Waals surface area contributed by atoms with Crippen LogP contribution in [-0.4, -0.2) is 33.1 Å². The summed E-state index contributed by atoms with van der Waals surface area (Å²) in [5.74, 6) is 0.201. The molecule has 0 amide bonds. The summed E-state index contributed by atoms with van der Waals surface area (Å²) in [6, 6.07) is 6.99. The lowest BCUT2D eigenvalue weighted by Gasteiger charge is -2.20. The minimum Gasteiger partial charge on any atom is -0.508 e. The number of aromatic hydroxyl groups is 1. The Morgan fingerprint density at radius 3 is 2.57 bits per heavy atom. The minimum atomic E-state index is -0.0212. The van der Waals surface area contributed by atoms with Crippen LogP contribution in [0.25, 0.3) is 11.1 Å². The fourth-order valence-electron chi connectivity index (χ4n) is 3.52. The summed E-state index contributed by atoms with van der Waals surface area (Å²) in [4.78, 5) is 23.7. The van der Waals surface area contributed by atoms with Crippen molar-refractivity contribution >= 4 is 11.5 Å². The van der Waals surface area contributed by atoms with Crippen LogP contribution >= 0.6 is 0 Å². The molecule has 1 aliphatic heterocycles. The summed E-state index contributed by atoms with van der Waals surface area (Å²) in [7, 11) is 0. The van der Waals surface area contributed by atoms with Gasteiger partial charge in [0.2, 0.25) is 5.78 Å². The molecule has 5 rings (SSSR count). The number of hydrogen-bond acceptors (Lipinski definition) is 3. The fourth-order valence-corrected chi connectivity index (χ4v) is 3.52. The maximum Gasteiger partial charge on any atom is 0.226 e. The largest absolute Gasteiger partial charge is 0.508 e. The van der Waals surface area contributed by atoms with E-state index < -0.39 is 0 Å². The van der Waals surface area contributed by atoms with E-state index in [1.54, 1.807) is 12.1 Å². The number of aromatic amines is 2. The average Bonchev–Trinajstić information content (AvgIpc) is 3.19. The lowest BCUT2D eigenvalue weighted by atomic mass is 9.85. The molecule has 5 heteroatoms. The maximum atomic E-state index is 12.7. The first kappa shape index (κ1) is 12.5. The SMILES string of the molecule is O=C1c2[nH]cc3c2C(=NCC3)c2c(-c3ccc(O)cc3)c[nH]c21. The van der Waals surface area contributed by atoms with Crippen molar-refractivity contribution in [3.63, 3.8) is 0 Å². The Balaban J connectivity index is 1.79. The first-order valence-electron chi connectivity index (χ1n) is 7.55. The van der Waals surface area contributed by atoms with Crippen LogP contribution in [-0.2, 0) is 6.42 Å². The summed E-state index contributed by atoms with van der Waals surface area (Å²) >= 11 is 0. The summed E-state index contributed by atoms with van der Waals surface area (Å²) in [6.45, 7) is 0.730. The molecule has 0 radical (unpaired) electrons. The number of H-pyrrole nitrogens is 2. The lowest BCUT2D eigenvalue weighted by Crippen LogP contribution is -2.24. The second kappa shape index (κ2) is 4.23. The van der Waals surface area contributed by atoms with E-state index >= 15 is 0 Å². The smallest absolute Gasteiger partial charge is 0.226 e. The van der Waals surface area contributed by atoms with E-state index in [9.17, 15) is 9.90 Å². The van der Waals surface area contributed by atoms with E-state index in [4.69, 9.17) is 4.99 Å². The Morgan fingerprint density at radius 2 is 1.74 bits per heavy atom. The molecule has 3 N–H and O–H groups in total. The van der Waals surface area contributed by atoms with Crippen molar-refractivity contribution in [2.45, 2.75) is 6.42 Å². The number of carbonyl (C=O) groups excluding carboxylic acids is 1. The van der Waals surface area contributed by atoms with Crippen LogP contribution in [0.4, 0.5) is 0 Å². The van der Waals surface area contributed by atoms with Gasteiger partial charge in [0.25, 0.3) is 0 Å². The van der Waals surface area contributed by atoms with Crippen LogP contribution in [0.1, 0.15) is 32.9 Å². The van der Waals surface area contributed by atoms with Crippen molar-refractivity contribution in [1.29, 1.82) is 0 Å². The van der Waals surface area contributed by atoms with Crippen molar-refractivity contribution in [3.05, 3.63) is 64.7 Å². The van der Waals surface area contributed by atoms with Gasteiger partial charge in [-0.2, -0.15) is 0 Å². The second-order valence-corrected chi connectivity index (χ2v) is 5.87. The van der Waals surface area contributed by atoms with Crippen molar-refractivity contribution in [1.82, 2.24) is 9.97 Å². The zero-order chi connectivity index (χ0) is 15.6. The van der Waals surface area contributed by atoms with Crippen LogP contribution in [0.3, 0.4) is 0 Å². The van der Waals surface area contributed by atoms with Gasteiger partial charge in [-0.05, 0) is 29.7 Å². The van der Waals surface area contributed by atoms with Gasteiger partial charge >= 0.3 is 0 Å². The third-order valence-electron chi connectivity index (χ3n) is 4.60. The van der Waals surface area contributed by atoms with Gasteiger partial charge in [-0.25, -0.2) is 0 Å². The van der Waals surface area contributed by atoms with Crippen molar-refractivity contribution in [2.24, 2.45) is 4.99 Å². The molecule has 0 fully saturated rings. The average molecular weight is 303 g/mol. The van der Waals surface area contributed by atoms with Gasteiger partial charge in [0.05, 0.1) is 17.1 Å². The highest BCUT2D eigenvalue weighted by atomic mass is 16.3. The van der Waals surface area contributed by atoms with E-state index in [-0.39, 0.29) is 11.5 Å². The number of benzene rings is 1. The molecule has 1 aliphatic carbocycles. The monoisotopic (exact) mass is 303 g/mol. The van der Waals surface area contributed by atoms with Crippen LogP contribution < -0.4 is 0 Å². The van der Waals surface area contributed by atoms with Crippen LogP contribution in [0.2, 0.25) is 0 Å². The number of fused-ring (bicyclic) bond motifs is 2. The Kier molecular flexibility index (Phi) is 2.29. The van der Waals surface area contributed by atoms with Crippen LogP contribution in [0, 0.1) is 0 Å². The van der Waals surface area contributed by atoms with Gasteiger partial charge in [0.15, 0.2) is 0 Å². The number of nitrogens with one attached hydrogen (secondary N) is 2. The Labute approximate surface area is 131 Å². The molecule has 112 valence electrons. The van der Waals surface area contributed by atoms with E-state index in [0.29, 0.717) is 11.4 Å². The number of aliphatic imine (C=N–C) groups is 1. The number of hydrogen-bond donors (Lipinski definition) is 3. The molecule has 3 heterocycles. The van der Waals surface area contributed by atoms with Crippen molar-refractivity contribution in [3.8, 4) is 16.9 Å². The molecule has 0 spiro atoms. The first-order valence-corrected chi connectivity index (χ1v) is 7.55. The fraction of sp³-hybridized carbons (Fsp3) is 0.111. The number of ketones is 1. The molecule has 2 aliphatic rings. The van der Waals surface area contributed by atoms with Gasteiger partial charge < -0.3 is 15.1 Å². The summed E-state index contributed by atoms with van der Waals surface area (Å²) < 4.78 is 0. The minimum absolute atomic E-state index is 0.0212. The summed E-state index contributed by atoms with van der Waals surface area (Å²) in [5, 5.41) is 9.49. The third kappa shape index (κ3) is 1.56. The number of phenols is 1. The Bertz CT molecular complexity index is 990. The zero-order valence-electron chi connectivity index (χ0n) is 12.2. The van der Waals surface area contributed by atoms with Crippen molar-refractivity contribution < 1.29 is 9.90 Å². The number of phenolic OH excluding ortho intramolecular Hbond substituents is 1. The second-order valence-electron chi connectivity index (χ2n) is 5.87. The lowest BCUT2D eigenvalue weighted by molar-refractivity contribution is 0.102. The Morgan fingerprint density at radius 1 is 1.00 bits per heavy atom. The molecule has 3 aromatic rings. The molecule has 0 atom stereocenters. The molecule has 0 saturated heterocycles. The van der Waals surface area contributed by atoms with Gasteiger partial charge in [-0.1, -0.05) is 12.1 Å². The quantitative estimate of drug-likeness (QED) is 0.505. The highest BCUT2D eigenvalue weighted by Gasteiger charge is 2.36. The maximum absolute atomic E-state index is 12.7. The van der Waals surface area contributed by atoms with E-state index in [0.717, 1.165) is 46.5 Å². The van der Waals surface area contributed by atoms with E-state index in [1.165, 1.54) is 0 Å². The number of aromatic nitrogens is 2. The number of nitrogens with zero attached hydrogens (tertiary/aromatic N) is 1. The molecule has 23 heavy (non-hydrogen) atoms. The molecule has 0 saturated carbocycles. The number of rotatable bonds is 1. The first-order chi connectivity index (χ1) is 11.2. The highest BCUT2D eigenvalue weighted by molar-refractivity contribution is 6.31. The summed E-state index contributed by atoms with van der Waals surface area (Å²) in [6.07, 6.45) is 4.62. The molecule has 0 bridgehead atoms. The molecule has 2 aromatic heterocycles. The molecule has 1 aromatic carbocycles. The predicted molar refractivity (Wildman–Crippen MR) is 86.3 cm³/mol. The van der Waals surface area contributed by atoms with Gasteiger partial charge in [-0.3, -0.25) is 9.79 Å². The van der Waals surface area contributed by atoms with Crippen LogP contribution in [0.15, 0.2) is 41.7 Å². The van der Waals surface area contributed by atoms with Crippen molar-refractivity contribution in [2.75, 3.05) is 6.54 Å². The molecular formula is C18H13N3O2. The zero-order valence-corrected chi connectivity index (χ0v) is 12.2. The van der Waals surface area contributed by atoms with E-state index in [1.807, 2.05) is 24.5 Å². The topological polar surface area (TPSA) is 81.2 Å². The highest BCUT2D eigenvalue weighted by Crippen LogP contribution is 2.37. The van der Waals surface area contributed by atoms with E-state index in [2.05, 4.69) is 9.97 Å². The van der Waals surface area contributed by atoms with Gasteiger partial charge in [-0.15, -0.1) is 0 Å². The molecule has 0 unspecified atom stereocenters. The normalized spacial score (nSPS) is 15.1. The summed E-state index contributed by atoms with van der Waals surface area (Å²) in [5.41, 5.74) is 6.96. The third-order valence-corrected chi connectivity index (χ3v) is 4.60. The standard InChI is InChI=1S/C18H13N3O2/c22-11-3-1-9(2-4-11)12-8-21-17-14(12)15-13-10(5-6-19-15)7-20-16(13)18(17)23/h1-4,7-8,20-22H,5-6H2. The Hall–Kier alpha value is -3.08. The predicted octanol–water partition coefficient (Wildman–Crippen LogP) is 2.65. The molecule has 5 nitrogen and oxygen atoms in total. The van der Waals surface area contributed by atoms with Crippen LogP contribution in [0.5, 0.6) is 5.75 Å². The number of carbonyl (C=O) groups is 1. The van der Waals surface area contributed by atoms with Gasteiger partial charge in [0.1, 0.15) is 5.75 Å². The molecular weight excluding hydrogens is 290 g/mol. The van der Waals surface area contributed by atoms with Gasteiger partial charge in [0, 0.05) is 35.6 Å².